The van der Waals surface area contributed by atoms with Crippen molar-refractivity contribution in [3.05, 3.63) is 0 Å². The number of amides is 1. The molecule has 0 spiro atoms. The highest BCUT2D eigenvalue weighted by Gasteiger charge is 2.32. The molecular weight excluding hydrogens is 318 g/mol. The number of guanidine groups is 1. The summed E-state index contributed by atoms with van der Waals surface area (Å²) >= 11 is 0. The Hall–Kier alpha value is -1.34. The van der Waals surface area contributed by atoms with Crippen LogP contribution in [0.1, 0.15) is 33.1 Å². The van der Waals surface area contributed by atoms with Crippen LogP contribution in [0, 0.1) is 5.92 Å². The number of fused-ring (bicyclic) bond motifs is 1. The summed E-state index contributed by atoms with van der Waals surface area (Å²) in [6, 6.07) is 0.904. The zero-order valence-corrected chi connectivity index (χ0v) is 15.8. The van der Waals surface area contributed by atoms with Crippen molar-refractivity contribution in [1.29, 1.82) is 0 Å². The van der Waals surface area contributed by atoms with E-state index in [-0.39, 0.29) is 24.0 Å². The maximum Gasteiger partial charge on any atom is 0.225 e. The van der Waals surface area contributed by atoms with Crippen LogP contribution in [0.15, 0.2) is 4.99 Å². The molecule has 0 aliphatic carbocycles. The summed E-state index contributed by atoms with van der Waals surface area (Å²) < 4.78 is 5.99. The van der Waals surface area contributed by atoms with Crippen LogP contribution in [-0.2, 0) is 9.53 Å². The molecule has 0 bridgehead atoms. The highest BCUT2D eigenvalue weighted by atomic mass is 16.5. The third-order valence-electron chi connectivity index (χ3n) is 5.52. The third kappa shape index (κ3) is 4.64. The van der Waals surface area contributed by atoms with Crippen molar-refractivity contribution in [2.75, 3.05) is 46.4 Å². The fourth-order valence-corrected chi connectivity index (χ4v) is 4.05. The first kappa shape index (κ1) is 18.5. The quantitative estimate of drug-likeness (QED) is 0.562. The second-order valence-corrected chi connectivity index (χ2v) is 7.77. The highest BCUT2D eigenvalue weighted by molar-refractivity contribution is 5.81. The van der Waals surface area contributed by atoms with E-state index in [9.17, 15) is 4.79 Å². The SMILES string of the molecule is CN=C(NCC1CN2CCCC2CO1)NC1CCN(C(=O)C(C)C)C1. The van der Waals surface area contributed by atoms with Gasteiger partial charge in [0.2, 0.25) is 5.91 Å². The van der Waals surface area contributed by atoms with Crippen molar-refractivity contribution in [1.82, 2.24) is 20.4 Å². The summed E-state index contributed by atoms with van der Waals surface area (Å²) in [4.78, 5) is 20.9. The number of rotatable bonds is 4. The lowest BCUT2D eigenvalue weighted by Crippen LogP contribution is -2.52. The number of ether oxygens (including phenoxy) is 1. The minimum Gasteiger partial charge on any atom is -0.373 e. The Morgan fingerprint density at radius 3 is 2.88 bits per heavy atom. The van der Waals surface area contributed by atoms with Gasteiger partial charge in [0.1, 0.15) is 0 Å². The van der Waals surface area contributed by atoms with E-state index in [2.05, 4.69) is 20.5 Å². The molecule has 2 N–H and O–H groups in total. The van der Waals surface area contributed by atoms with E-state index in [1.807, 2.05) is 18.7 Å². The van der Waals surface area contributed by atoms with E-state index in [1.54, 1.807) is 7.05 Å². The number of nitrogens with one attached hydrogen (secondary N) is 2. The number of nitrogens with zero attached hydrogens (tertiary/aromatic N) is 3. The van der Waals surface area contributed by atoms with Gasteiger partial charge in [-0.15, -0.1) is 0 Å². The van der Waals surface area contributed by atoms with Gasteiger partial charge in [0.05, 0.1) is 12.7 Å². The second kappa shape index (κ2) is 8.36. The van der Waals surface area contributed by atoms with Crippen LogP contribution in [0.25, 0.3) is 0 Å². The Balaban J connectivity index is 1.41. The van der Waals surface area contributed by atoms with Gasteiger partial charge in [-0.2, -0.15) is 0 Å². The fourth-order valence-electron chi connectivity index (χ4n) is 4.05. The standard InChI is InChI=1S/C18H33N5O2/c1-13(2)17(24)23-8-6-14(10-23)21-18(19-3)20-9-16-11-22-7-4-5-15(22)12-25-16/h13-16H,4-12H2,1-3H3,(H2,19,20,21). The van der Waals surface area contributed by atoms with Crippen molar-refractivity contribution in [2.24, 2.45) is 10.9 Å². The minimum absolute atomic E-state index is 0.0639. The number of aliphatic imine (C=N–C) groups is 1. The molecule has 142 valence electrons. The predicted molar refractivity (Wildman–Crippen MR) is 98.7 cm³/mol. The molecule has 1 amide bonds. The number of carbonyl (C=O) groups excluding carboxylic acids is 1. The predicted octanol–water partition coefficient (Wildman–Crippen LogP) is 0.272. The van der Waals surface area contributed by atoms with Gasteiger partial charge in [0, 0.05) is 51.2 Å². The molecule has 0 aromatic heterocycles. The second-order valence-electron chi connectivity index (χ2n) is 7.77. The summed E-state index contributed by atoms with van der Waals surface area (Å²) in [6.07, 6.45) is 3.76. The third-order valence-corrected chi connectivity index (χ3v) is 5.52. The molecule has 7 heteroatoms. The van der Waals surface area contributed by atoms with E-state index in [0.29, 0.717) is 6.04 Å². The molecule has 3 atom stereocenters. The highest BCUT2D eigenvalue weighted by Crippen LogP contribution is 2.22. The Bertz CT molecular complexity index is 496. The molecule has 7 nitrogen and oxygen atoms in total. The molecule has 3 unspecified atom stereocenters. The zero-order valence-electron chi connectivity index (χ0n) is 15.8. The van der Waals surface area contributed by atoms with Gasteiger partial charge in [-0.1, -0.05) is 13.8 Å². The van der Waals surface area contributed by atoms with E-state index in [1.165, 1.54) is 19.4 Å². The Kier molecular flexibility index (Phi) is 6.17. The van der Waals surface area contributed by atoms with Gasteiger partial charge in [-0.05, 0) is 25.8 Å². The number of hydrogen-bond donors (Lipinski definition) is 2. The van der Waals surface area contributed by atoms with E-state index >= 15 is 0 Å². The minimum atomic E-state index is 0.0639. The van der Waals surface area contributed by atoms with E-state index < -0.39 is 0 Å². The molecule has 3 aliphatic heterocycles. The largest absolute Gasteiger partial charge is 0.373 e. The molecule has 0 saturated carbocycles. The summed E-state index contributed by atoms with van der Waals surface area (Å²) in [5.74, 6) is 1.10. The fraction of sp³-hybridized carbons (Fsp3) is 0.889. The van der Waals surface area contributed by atoms with Gasteiger partial charge in [-0.25, -0.2) is 0 Å². The summed E-state index contributed by atoms with van der Waals surface area (Å²) in [5.41, 5.74) is 0. The van der Waals surface area contributed by atoms with Crippen molar-refractivity contribution >= 4 is 11.9 Å². The topological polar surface area (TPSA) is 69.2 Å². The molecule has 3 saturated heterocycles. The van der Waals surface area contributed by atoms with Crippen molar-refractivity contribution in [3.63, 3.8) is 0 Å². The van der Waals surface area contributed by atoms with Gasteiger partial charge in [0.15, 0.2) is 5.96 Å². The van der Waals surface area contributed by atoms with Gasteiger partial charge >= 0.3 is 0 Å². The van der Waals surface area contributed by atoms with E-state index in [4.69, 9.17) is 4.74 Å². The van der Waals surface area contributed by atoms with Crippen molar-refractivity contribution in [2.45, 2.75) is 51.3 Å². The lowest BCUT2D eigenvalue weighted by atomic mass is 10.2. The number of carbonyl (C=O) groups is 1. The molecule has 0 aromatic rings. The number of likely N-dealkylation sites (tertiary alicyclic amines) is 1. The van der Waals surface area contributed by atoms with Crippen LogP contribution >= 0.6 is 0 Å². The monoisotopic (exact) mass is 351 g/mol. The summed E-state index contributed by atoms with van der Waals surface area (Å²) in [6.45, 7) is 9.34. The Labute approximate surface area is 151 Å². The summed E-state index contributed by atoms with van der Waals surface area (Å²) in [7, 11) is 1.79. The molecular formula is C18H33N5O2. The average molecular weight is 351 g/mol. The van der Waals surface area contributed by atoms with Crippen molar-refractivity contribution in [3.8, 4) is 0 Å². The first-order valence-electron chi connectivity index (χ1n) is 9.68. The molecule has 0 aromatic carbocycles. The van der Waals surface area contributed by atoms with Crippen molar-refractivity contribution < 1.29 is 9.53 Å². The Morgan fingerprint density at radius 1 is 1.28 bits per heavy atom. The van der Waals surface area contributed by atoms with Crippen LogP contribution in [0.3, 0.4) is 0 Å². The number of morpholine rings is 1. The van der Waals surface area contributed by atoms with Gasteiger partial charge in [-0.3, -0.25) is 14.7 Å². The zero-order chi connectivity index (χ0) is 17.8. The maximum absolute atomic E-state index is 12.1. The Morgan fingerprint density at radius 2 is 2.12 bits per heavy atom. The molecule has 25 heavy (non-hydrogen) atoms. The molecule has 0 radical (unpaired) electrons. The normalized spacial score (nSPS) is 30.6. The van der Waals surface area contributed by atoms with Gasteiger partial charge in [0.25, 0.3) is 0 Å². The smallest absolute Gasteiger partial charge is 0.225 e. The number of hydrogen-bond acceptors (Lipinski definition) is 4. The first-order valence-corrected chi connectivity index (χ1v) is 9.68. The lowest BCUT2D eigenvalue weighted by molar-refractivity contribution is -0.133. The van der Waals surface area contributed by atoms with Gasteiger partial charge < -0.3 is 20.3 Å². The van der Waals surface area contributed by atoms with Crippen LogP contribution in [-0.4, -0.2) is 86.2 Å². The van der Waals surface area contributed by atoms with Crippen LogP contribution in [0.4, 0.5) is 0 Å². The van der Waals surface area contributed by atoms with E-state index in [0.717, 1.165) is 45.2 Å². The van der Waals surface area contributed by atoms with Crippen LogP contribution < -0.4 is 10.6 Å². The molecule has 3 aliphatic rings. The maximum atomic E-state index is 12.1. The van der Waals surface area contributed by atoms with Crippen LogP contribution in [0.2, 0.25) is 0 Å². The molecule has 3 heterocycles. The first-order chi connectivity index (χ1) is 12.1. The molecule has 3 fully saturated rings. The molecule has 3 rings (SSSR count). The average Bonchev–Trinajstić information content (AvgIpc) is 3.26. The lowest BCUT2D eigenvalue weighted by Gasteiger charge is -2.35. The van der Waals surface area contributed by atoms with Crippen LogP contribution in [0.5, 0.6) is 0 Å². The summed E-state index contributed by atoms with van der Waals surface area (Å²) in [5, 5.41) is 6.85.